The second-order valence-electron chi connectivity index (χ2n) is 3.39. The molecule has 1 saturated heterocycles. The molecule has 2 N–H and O–H groups in total. The first-order valence-electron chi connectivity index (χ1n) is 4.44. The molecule has 1 aliphatic rings. The Bertz CT molecular complexity index is 412. The topological polar surface area (TPSA) is 77.8 Å². The smallest absolute Gasteiger partial charge is 0.261 e. The highest BCUT2D eigenvalue weighted by Gasteiger charge is 2.38. The van der Waals surface area contributed by atoms with E-state index < -0.39 is 17.7 Å². The van der Waals surface area contributed by atoms with Crippen molar-refractivity contribution in [2.75, 3.05) is 0 Å². The Morgan fingerprint density at radius 1 is 1.20 bits per heavy atom. The lowest BCUT2D eigenvalue weighted by Crippen LogP contribution is -2.26. The maximum atomic E-state index is 11.4. The van der Waals surface area contributed by atoms with Crippen LogP contribution < -0.4 is 0 Å². The predicted molar refractivity (Wildman–Crippen MR) is 49.1 cm³/mol. The highest BCUT2D eigenvalue weighted by Crippen LogP contribution is 2.29. The number of rotatable bonds is 1. The molecule has 2 rings (SSSR count). The molecule has 0 saturated carbocycles. The number of hydrogen-bond donors (Lipinski definition) is 2. The average Bonchev–Trinajstić information content (AvgIpc) is 2.47. The molecule has 1 unspecified atom stereocenters. The second kappa shape index (κ2) is 3.36. The summed E-state index contributed by atoms with van der Waals surface area (Å²) in [6.07, 6.45) is -0.0277. The van der Waals surface area contributed by atoms with E-state index in [-0.39, 0.29) is 17.2 Å². The molecular weight excluding hydrogens is 198 g/mol. The van der Waals surface area contributed by atoms with Crippen LogP contribution in [0.15, 0.2) is 24.3 Å². The minimum absolute atomic E-state index is 0.0277. The second-order valence-corrected chi connectivity index (χ2v) is 3.39. The van der Waals surface area contributed by atoms with E-state index in [1.807, 2.05) is 0 Å². The number of hydrogen-bond acceptors (Lipinski definition) is 4. The molecule has 5 heteroatoms. The van der Waals surface area contributed by atoms with Crippen molar-refractivity contribution < 1.29 is 19.9 Å². The molecular formula is C10H9NO4. The van der Waals surface area contributed by atoms with Gasteiger partial charge in [-0.1, -0.05) is 12.1 Å². The molecule has 1 heterocycles. The summed E-state index contributed by atoms with van der Waals surface area (Å²) in [6, 6.07) is 5.99. The fourth-order valence-electron chi connectivity index (χ4n) is 1.59. The van der Waals surface area contributed by atoms with E-state index in [2.05, 4.69) is 0 Å². The summed E-state index contributed by atoms with van der Waals surface area (Å²) in [5.41, 5.74) is 0.614. The van der Waals surface area contributed by atoms with Crippen molar-refractivity contribution in [1.29, 1.82) is 0 Å². The van der Waals surface area contributed by atoms with Gasteiger partial charge in [0.2, 0.25) is 0 Å². The third-order valence-electron chi connectivity index (χ3n) is 2.42. The van der Waals surface area contributed by atoms with Crippen molar-refractivity contribution in [3.63, 3.8) is 0 Å². The van der Waals surface area contributed by atoms with Crippen LogP contribution in [-0.2, 0) is 9.59 Å². The van der Waals surface area contributed by atoms with Crippen LogP contribution in [0.4, 0.5) is 0 Å². The van der Waals surface area contributed by atoms with Crippen molar-refractivity contribution in [2.24, 2.45) is 0 Å². The monoisotopic (exact) mass is 207 g/mol. The first-order chi connectivity index (χ1) is 7.09. The van der Waals surface area contributed by atoms with Gasteiger partial charge >= 0.3 is 0 Å². The van der Waals surface area contributed by atoms with Crippen LogP contribution in [0.1, 0.15) is 17.9 Å². The summed E-state index contributed by atoms with van der Waals surface area (Å²) in [7, 11) is 0. The molecule has 0 bridgehead atoms. The fourth-order valence-corrected chi connectivity index (χ4v) is 1.59. The fraction of sp³-hybridized carbons (Fsp3) is 0.200. The molecule has 78 valence electrons. The molecule has 2 amide bonds. The third-order valence-corrected chi connectivity index (χ3v) is 2.42. The molecule has 1 aromatic rings. The summed E-state index contributed by atoms with van der Waals surface area (Å²) in [5, 5.41) is 18.2. The number of phenols is 1. The van der Waals surface area contributed by atoms with Gasteiger partial charge in [0.1, 0.15) is 5.75 Å². The quantitative estimate of drug-likeness (QED) is 0.522. The van der Waals surface area contributed by atoms with E-state index in [0.29, 0.717) is 5.56 Å². The van der Waals surface area contributed by atoms with Crippen molar-refractivity contribution >= 4 is 11.8 Å². The van der Waals surface area contributed by atoms with Crippen LogP contribution >= 0.6 is 0 Å². The number of carbonyl (C=O) groups is 2. The number of benzene rings is 1. The largest absolute Gasteiger partial charge is 0.508 e. The summed E-state index contributed by atoms with van der Waals surface area (Å²) in [4.78, 5) is 22.4. The van der Waals surface area contributed by atoms with E-state index in [1.54, 1.807) is 12.1 Å². The lowest BCUT2D eigenvalue weighted by molar-refractivity contribution is -0.171. The number of phenolic OH excluding ortho intramolecular Hbond substituents is 1. The molecule has 0 radical (unpaired) electrons. The number of aromatic hydroxyl groups is 1. The molecule has 5 nitrogen and oxygen atoms in total. The van der Waals surface area contributed by atoms with Crippen molar-refractivity contribution in [2.45, 2.75) is 12.3 Å². The van der Waals surface area contributed by atoms with Gasteiger partial charge in [0.25, 0.3) is 11.8 Å². The zero-order valence-corrected chi connectivity index (χ0v) is 7.75. The summed E-state index contributed by atoms with van der Waals surface area (Å²) in [5.74, 6) is -1.76. The first kappa shape index (κ1) is 9.67. The number of nitrogens with zero attached hydrogens (tertiary/aromatic N) is 1. The van der Waals surface area contributed by atoms with Gasteiger partial charge in [-0.15, -0.1) is 0 Å². The number of hydroxylamine groups is 2. The zero-order valence-electron chi connectivity index (χ0n) is 7.75. The van der Waals surface area contributed by atoms with Crippen molar-refractivity contribution in [3.05, 3.63) is 29.8 Å². The minimum atomic E-state index is -0.636. The van der Waals surface area contributed by atoms with E-state index in [4.69, 9.17) is 10.3 Å². The van der Waals surface area contributed by atoms with Gasteiger partial charge < -0.3 is 5.11 Å². The summed E-state index contributed by atoms with van der Waals surface area (Å²) in [6.45, 7) is 0. The highest BCUT2D eigenvalue weighted by atomic mass is 16.5. The minimum Gasteiger partial charge on any atom is -0.508 e. The Morgan fingerprint density at radius 2 is 1.80 bits per heavy atom. The van der Waals surface area contributed by atoms with E-state index >= 15 is 0 Å². The Labute approximate surface area is 85.5 Å². The zero-order chi connectivity index (χ0) is 11.0. The SMILES string of the molecule is O=C1CC(c2ccc(O)cc2)C(=O)N1O. The van der Waals surface area contributed by atoms with Crippen LogP contribution in [0, 0.1) is 0 Å². The van der Waals surface area contributed by atoms with E-state index in [0.717, 1.165) is 0 Å². The van der Waals surface area contributed by atoms with Crippen LogP contribution in [0.5, 0.6) is 5.75 Å². The lowest BCUT2D eigenvalue weighted by atomic mass is 9.98. The molecule has 0 aliphatic carbocycles. The Hall–Kier alpha value is -1.88. The van der Waals surface area contributed by atoms with Crippen molar-refractivity contribution in [3.8, 4) is 5.75 Å². The molecule has 1 atom stereocenters. The Balaban J connectivity index is 2.29. The maximum Gasteiger partial charge on any atom is 0.261 e. The van der Waals surface area contributed by atoms with Crippen LogP contribution in [-0.4, -0.2) is 27.2 Å². The summed E-state index contributed by atoms with van der Waals surface area (Å²) < 4.78 is 0. The predicted octanol–water partition coefficient (Wildman–Crippen LogP) is 0.624. The third kappa shape index (κ3) is 1.57. The maximum absolute atomic E-state index is 11.4. The van der Waals surface area contributed by atoms with E-state index in [1.165, 1.54) is 12.1 Å². The number of imide groups is 1. The normalized spacial score (nSPS) is 21.1. The van der Waals surface area contributed by atoms with Gasteiger partial charge in [-0.25, -0.2) is 0 Å². The van der Waals surface area contributed by atoms with Gasteiger partial charge in [-0.3, -0.25) is 14.8 Å². The molecule has 1 aromatic carbocycles. The molecule has 0 spiro atoms. The Kier molecular flexibility index (Phi) is 2.17. The molecule has 1 aliphatic heterocycles. The first-order valence-corrected chi connectivity index (χ1v) is 4.44. The van der Waals surface area contributed by atoms with Crippen LogP contribution in [0.3, 0.4) is 0 Å². The van der Waals surface area contributed by atoms with Crippen LogP contribution in [0.2, 0.25) is 0 Å². The van der Waals surface area contributed by atoms with E-state index in [9.17, 15) is 9.59 Å². The lowest BCUT2D eigenvalue weighted by Gasteiger charge is -2.07. The van der Waals surface area contributed by atoms with Crippen LogP contribution in [0.25, 0.3) is 0 Å². The van der Waals surface area contributed by atoms with Gasteiger partial charge in [0.15, 0.2) is 0 Å². The van der Waals surface area contributed by atoms with Gasteiger partial charge in [0, 0.05) is 6.42 Å². The number of amides is 2. The Morgan fingerprint density at radius 3 is 2.27 bits per heavy atom. The van der Waals surface area contributed by atoms with Gasteiger partial charge in [-0.2, -0.15) is 5.06 Å². The standard InChI is InChI=1S/C10H9NO4/c12-7-3-1-6(2-4-7)8-5-9(13)11(15)10(8)14/h1-4,8,12,15H,5H2. The highest BCUT2D eigenvalue weighted by molar-refractivity contribution is 6.04. The number of carbonyl (C=O) groups excluding carboxylic acids is 2. The van der Waals surface area contributed by atoms with Crippen molar-refractivity contribution in [1.82, 2.24) is 5.06 Å². The van der Waals surface area contributed by atoms with Gasteiger partial charge in [0.05, 0.1) is 5.92 Å². The molecule has 0 aromatic heterocycles. The van der Waals surface area contributed by atoms with Gasteiger partial charge in [-0.05, 0) is 17.7 Å². The average molecular weight is 207 g/mol. The molecule has 15 heavy (non-hydrogen) atoms. The summed E-state index contributed by atoms with van der Waals surface area (Å²) >= 11 is 0. The molecule has 1 fully saturated rings.